The Kier molecular flexibility index (Phi) is 6.72. The molecule has 2 atom stereocenters. The molecule has 2 heterocycles. The Morgan fingerprint density at radius 2 is 1.89 bits per heavy atom. The Hall–Kier alpha value is -2.08. The summed E-state index contributed by atoms with van der Waals surface area (Å²) in [5, 5.41) is 3.61. The number of benzene rings is 1. The predicted octanol–water partition coefficient (Wildman–Crippen LogP) is 3.68. The van der Waals surface area contributed by atoms with Crippen LogP contribution in [0, 0.1) is 18.8 Å². The van der Waals surface area contributed by atoms with Gasteiger partial charge in [-0.15, -0.1) is 0 Å². The van der Waals surface area contributed by atoms with Crippen LogP contribution in [0.15, 0.2) is 41.7 Å². The molecule has 2 aromatic rings. The summed E-state index contributed by atoms with van der Waals surface area (Å²) in [7, 11) is 0. The average molecular weight is 385 g/mol. The van der Waals surface area contributed by atoms with Crippen LogP contribution in [-0.4, -0.2) is 34.7 Å². The fourth-order valence-electron chi connectivity index (χ4n) is 3.52. The Morgan fingerprint density at radius 3 is 2.59 bits per heavy atom. The third kappa shape index (κ3) is 5.96. The molecule has 0 spiro atoms. The lowest BCUT2D eigenvalue weighted by molar-refractivity contribution is -0.118. The molecule has 2 unspecified atom stereocenters. The molecule has 0 saturated carbocycles. The fraction of sp³-hybridized carbons (Fsp3) is 0.476. The van der Waals surface area contributed by atoms with Crippen molar-refractivity contribution in [3.05, 3.63) is 47.7 Å². The predicted molar refractivity (Wildman–Crippen MR) is 111 cm³/mol. The highest BCUT2D eigenvalue weighted by molar-refractivity contribution is 7.99. The van der Waals surface area contributed by atoms with Crippen LogP contribution in [0.25, 0.3) is 0 Å². The van der Waals surface area contributed by atoms with Crippen molar-refractivity contribution in [1.82, 2.24) is 15.3 Å². The monoisotopic (exact) mass is 384 g/mol. The molecule has 1 aliphatic heterocycles. The highest BCUT2D eigenvalue weighted by Gasteiger charge is 2.23. The molecule has 1 saturated heterocycles. The van der Waals surface area contributed by atoms with E-state index in [2.05, 4.69) is 53.1 Å². The second-order valence-corrected chi connectivity index (χ2v) is 8.54. The number of carbonyl (C=O) groups excluding carboxylic acids is 1. The quantitative estimate of drug-likeness (QED) is 0.608. The van der Waals surface area contributed by atoms with Crippen LogP contribution in [0.3, 0.4) is 0 Å². The summed E-state index contributed by atoms with van der Waals surface area (Å²) in [6.07, 6.45) is 3.06. The van der Waals surface area contributed by atoms with Crippen molar-refractivity contribution >= 4 is 23.5 Å². The number of amides is 1. The lowest BCUT2D eigenvalue weighted by Gasteiger charge is -2.35. The maximum Gasteiger partial charge on any atom is 0.230 e. The number of hydrogen-bond acceptors (Lipinski definition) is 5. The first-order valence-corrected chi connectivity index (χ1v) is 10.5. The zero-order valence-corrected chi connectivity index (χ0v) is 17.1. The van der Waals surface area contributed by atoms with E-state index < -0.39 is 0 Å². The van der Waals surface area contributed by atoms with Crippen molar-refractivity contribution in [2.24, 2.45) is 11.8 Å². The van der Waals surface area contributed by atoms with E-state index in [9.17, 15) is 4.79 Å². The van der Waals surface area contributed by atoms with Crippen molar-refractivity contribution in [3.63, 3.8) is 0 Å². The molecule has 1 aromatic carbocycles. The summed E-state index contributed by atoms with van der Waals surface area (Å²) in [5.74, 6) is 2.63. The third-order valence-corrected chi connectivity index (χ3v) is 5.62. The summed E-state index contributed by atoms with van der Waals surface area (Å²) in [5.41, 5.74) is 2.32. The number of hydrogen-bond donors (Lipinski definition) is 1. The summed E-state index contributed by atoms with van der Waals surface area (Å²) < 4.78 is 0. The minimum atomic E-state index is -0.00482. The maximum absolute atomic E-state index is 12.1. The number of anilines is 1. The van der Waals surface area contributed by atoms with Crippen molar-refractivity contribution in [2.75, 3.05) is 23.7 Å². The normalized spacial score (nSPS) is 19.7. The van der Waals surface area contributed by atoms with Gasteiger partial charge in [0, 0.05) is 25.8 Å². The van der Waals surface area contributed by atoms with Gasteiger partial charge in [-0.05, 0) is 36.8 Å². The first-order valence-electron chi connectivity index (χ1n) is 9.52. The highest BCUT2D eigenvalue weighted by atomic mass is 32.2. The Bertz CT molecular complexity index is 755. The molecule has 1 aromatic heterocycles. The number of thioether (sulfide) groups is 1. The van der Waals surface area contributed by atoms with Crippen LogP contribution in [0.1, 0.15) is 31.4 Å². The van der Waals surface area contributed by atoms with Crippen LogP contribution in [0.2, 0.25) is 0 Å². The molecule has 3 rings (SSSR count). The molecule has 144 valence electrons. The van der Waals surface area contributed by atoms with E-state index in [4.69, 9.17) is 0 Å². The number of nitrogens with one attached hydrogen (secondary N) is 1. The Morgan fingerprint density at radius 1 is 1.19 bits per heavy atom. The van der Waals surface area contributed by atoms with Gasteiger partial charge in [0.2, 0.25) is 5.91 Å². The standard InChI is InChI=1S/C21H28N4OS/c1-15-4-6-18(7-5-15)11-23-20(26)14-27-21-22-9-8-19(24-21)25-12-16(2)10-17(3)13-25/h4-9,16-17H,10-14H2,1-3H3,(H,23,26). The van der Waals surface area contributed by atoms with Crippen molar-refractivity contribution < 1.29 is 4.79 Å². The smallest absolute Gasteiger partial charge is 0.230 e. The fourth-order valence-corrected chi connectivity index (χ4v) is 4.17. The summed E-state index contributed by atoms with van der Waals surface area (Å²) in [4.78, 5) is 23.4. The molecule has 1 amide bonds. The Labute approximate surface area is 166 Å². The number of carbonyl (C=O) groups is 1. The molecule has 1 N–H and O–H groups in total. The molecule has 27 heavy (non-hydrogen) atoms. The van der Waals surface area contributed by atoms with E-state index in [0.29, 0.717) is 29.3 Å². The minimum absolute atomic E-state index is 0.00482. The van der Waals surface area contributed by atoms with E-state index in [0.717, 1.165) is 24.5 Å². The van der Waals surface area contributed by atoms with E-state index >= 15 is 0 Å². The zero-order valence-electron chi connectivity index (χ0n) is 16.3. The zero-order chi connectivity index (χ0) is 19.2. The van der Waals surface area contributed by atoms with Gasteiger partial charge < -0.3 is 10.2 Å². The molecule has 0 aliphatic carbocycles. The molecule has 1 fully saturated rings. The topological polar surface area (TPSA) is 58.1 Å². The van der Waals surface area contributed by atoms with Crippen LogP contribution in [-0.2, 0) is 11.3 Å². The first-order chi connectivity index (χ1) is 13.0. The van der Waals surface area contributed by atoms with E-state index in [1.165, 1.54) is 23.7 Å². The highest BCUT2D eigenvalue weighted by Crippen LogP contribution is 2.26. The first kappa shape index (κ1) is 19.7. The van der Waals surface area contributed by atoms with Crippen LogP contribution < -0.4 is 10.2 Å². The van der Waals surface area contributed by atoms with Gasteiger partial charge in [-0.2, -0.15) is 0 Å². The van der Waals surface area contributed by atoms with E-state index in [1.54, 1.807) is 6.20 Å². The van der Waals surface area contributed by atoms with Crippen molar-refractivity contribution in [1.29, 1.82) is 0 Å². The molecule has 1 aliphatic rings. The lowest BCUT2D eigenvalue weighted by Crippen LogP contribution is -2.39. The van der Waals surface area contributed by atoms with Gasteiger partial charge in [-0.1, -0.05) is 55.4 Å². The number of rotatable bonds is 6. The molecular formula is C21H28N4OS. The Balaban J connectivity index is 1.50. The van der Waals surface area contributed by atoms with Crippen molar-refractivity contribution in [3.8, 4) is 0 Å². The number of nitrogens with zero attached hydrogens (tertiary/aromatic N) is 3. The van der Waals surface area contributed by atoms with Crippen LogP contribution >= 0.6 is 11.8 Å². The van der Waals surface area contributed by atoms with Gasteiger partial charge in [-0.3, -0.25) is 4.79 Å². The molecular weight excluding hydrogens is 356 g/mol. The second-order valence-electron chi connectivity index (χ2n) is 7.60. The van der Waals surface area contributed by atoms with Gasteiger partial charge >= 0.3 is 0 Å². The van der Waals surface area contributed by atoms with Gasteiger partial charge in [0.05, 0.1) is 5.75 Å². The largest absolute Gasteiger partial charge is 0.356 e. The summed E-state index contributed by atoms with van der Waals surface area (Å²) in [6, 6.07) is 10.1. The van der Waals surface area contributed by atoms with Gasteiger partial charge in [0.15, 0.2) is 5.16 Å². The van der Waals surface area contributed by atoms with Crippen LogP contribution in [0.5, 0.6) is 0 Å². The van der Waals surface area contributed by atoms with E-state index in [-0.39, 0.29) is 5.91 Å². The van der Waals surface area contributed by atoms with Gasteiger partial charge in [-0.25, -0.2) is 9.97 Å². The van der Waals surface area contributed by atoms with Crippen molar-refractivity contribution in [2.45, 2.75) is 38.9 Å². The number of piperidine rings is 1. The number of aromatic nitrogens is 2. The minimum Gasteiger partial charge on any atom is -0.356 e. The maximum atomic E-state index is 12.1. The lowest BCUT2D eigenvalue weighted by atomic mass is 9.92. The SMILES string of the molecule is Cc1ccc(CNC(=O)CSc2nccc(N3CC(C)CC(C)C3)n2)cc1. The molecule has 5 nitrogen and oxygen atoms in total. The van der Waals surface area contributed by atoms with Crippen LogP contribution in [0.4, 0.5) is 5.82 Å². The average Bonchev–Trinajstić information content (AvgIpc) is 2.65. The van der Waals surface area contributed by atoms with Gasteiger partial charge in [0.1, 0.15) is 5.82 Å². The summed E-state index contributed by atoms with van der Waals surface area (Å²) >= 11 is 1.38. The molecule has 0 bridgehead atoms. The van der Waals surface area contributed by atoms with Gasteiger partial charge in [0.25, 0.3) is 0 Å². The molecule has 0 radical (unpaired) electrons. The van der Waals surface area contributed by atoms with E-state index in [1.807, 2.05) is 18.2 Å². The number of aryl methyl sites for hydroxylation is 1. The third-order valence-electron chi connectivity index (χ3n) is 4.75. The summed E-state index contributed by atoms with van der Waals surface area (Å²) in [6.45, 7) is 9.24. The molecule has 6 heteroatoms. The second kappa shape index (κ2) is 9.22.